The van der Waals surface area contributed by atoms with Gasteiger partial charge < -0.3 is 18.9 Å². The van der Waals surface area contributed by atoms with Gasteiger partial charge in [0, 0.05) is 24.3 Å². The molecule has 0 atom stereocenters. The minimum Gasteiger partial charge on any atom is -0.463 e. The van der Waals surface area contributed by atoms with Crippen molar-refractivity contribution in [1.82, 2.24) is 0 Å². The highest BCUT2D eigenvalue weighted by molar-refractivity contribution is 5.82. The van der Waals surface area contributed by atoms with Crippen LogP contribution in [0.3, 0.4) is 0 Å². The highest BCUT2D eigenvalue weighted by Crippen LogP contribution is 1.94. The molecule has 0 aliphatic rings. The van der Waals surface area contributed by atoms with Crippen molar-refractivity contribution >= 4 is 23.9 Å². The zero-order valence-electron chi connectivity index (χ0n) is 16.1. The minimum absolute atomic E-state index is 0.316. The van der Waals surface area contributed by atoms with Gasteiger partial charge in [-0.15, -0.1) is 0 Å². The number of hydrogen-bond acceptors (Lipinski definition) is 8. The zero-order valence-corrected chi connectivity index (χ0v) is 16.1. The number of rotatable bonds is 14. The predicted molar refractivity (Wildman–Crippen MR) is 103 cm³/mol. The molecule has 0 heterocycles. The summed E-state index contributed by atoms with van der Waals surface area (Å²) < 4.78 is 18.8. The number of esters is 4. The van der Waals surface area contributed by atoms with E-state index in [9.17, 15) is 19.2 Å². The lowest BCUT2D eigenvalue weighted by Gasteiger charge is -2.02. The molecule has 0 aromatic heterocycles. The summed E-state index contributed by atoms with van der Waals surface area (Å²) in [4.78, 5) is 42.2. The molecule has 0 aliphatic carbocycles. The van der Waals surface area contributed by atoms with Gasteiger partial charge in [0.05, 0.1) is 26.4 Å². The summed E-state index contributed by atoms with van der Waals surface area (Å²) >= 11 is 0. The summed E-state index contributed by atoms with van der Waals surface area (Å²) in [6.45, 7) is 14.3. The number of carbonyl (C=O) groups excluding carboxylic acids is 4. The van der Waals surface area contributed by atoms with E-state index in [-0.39, 0.29) is 0 Å². The first-order chi connectivity index (χ1) is 13.4. The van der Waals surface area contributed by atoms with E-state index in [2.05, 4.69) is 26.3 Å². The van der Waals surface area contributed by atoms with Gasteiger partial charge >= 0.3 is 23.9 Å². The summed E-state index contributed by atoms with van der Waals surface area (Å²) in [7, 11) is 0. The lowest BCUT2D eigenvalue weighted by atomic mass is 10.3. The van der Waals surface area contributed by atoms with Gasteiger partial charge in [0.2, 0.25) is 0 Å². The molecule has 0 N–H and O–H groups in total. The third-order valence-corrected chi connectivity index (χ3v) is 2.72. The van der Waals surface area contributed by atoms with Crippen LogP contribution < -0.4 is 0 Å². The van der Waals surface area contributed by atoms with Gasteiger partial charge in [-0.2, -0.15) is 0 Å². The van der Waals surface area contributed by atoms with Gasteiger partial charge in [0.15, 0.2) is 0 Å². The molecule has 0 aromatic rings. The average molecular weight is 396 g/mol. The average Bonchev–Trinajstić information content (AvgIpc) is 2.72. The fourth-order valence-electron chi connectivity index (χ4n) is 1.33. The van der Waals surface area contributed by atoms with Crippen LogP contribution in [0.4, 0.5) is 0 Å². The van der Waals surface area contributed by atoms with Crippen molar-refractivity contribution in [3.05, 3.63) is 50.6 Å². The Kier molecular flexibility index (Phi) is 19.5. The van der Waals surface area contributed by atoms with Crippen LogP contribution in [0.15, 0.2) is 50.6 Å². The van der Waals surface area contributed by atoms with Gasteiger partial charge in [-0.25, -0.2) is 19.2 Å². The second kappa shape index (κ2) is 20.2. The number of ether oxygens (including phenoxy) is 4. The first-order valence-corrected chi connectivity index (χ1v) is 8.58. The molecule has 0 saturated heterocycles. The van der Waals surface area contributed by atoms with Crippen LogP contribution in [0.1, 0.15) is 25.7 Å². The van der Waals surface area contributed by atoms with Crippen molar-refractivity contribution in [3.8, 4) is 0 Å². The number of hydrogen-bond donors (Lipinski definition) is 0. The van der Waals surface area contributed by atoms with Crippen molar-refractivity contribution in [1.29, 1.82) is 0 Å². The molecule has 0 radical (unpaired) electrons. The lowest BCUT2D eigenvalue weighted by molar-refractivity contribution is -0.140. The van der Waals surface area contributed by atoms with E-state index < -0.39 is 23.9 Å². The maximum Gasteiger partial charge on any atom is 0.330 e. The molecule has 28 heavy (non-hydrogen) atoms. The smallest absolute Gasteiger partial charge is 0.330 e. The Morgan fingerprint density at radius 1 is 0.464 bits per heavy atom. The molecule has 8 heteroatoms. The fourth-order valence-corrected chi connectivity index (χ4v) is 1.33. The van der Waals surface area contributed by atoms with Gasteiger partial charge in [-0.05, 0) is 25.7 Å². The molecular weight excluding hydrogens is 368 g/mol. The van der Waals surface area contributed by atoms with E-state index >= 15 is 0 Å². The molecule has 8 nitrogen and oxygen atoms in total. The lowest BCUT2D eigenvalue weighted by Crippen LogP contribution is -2.05. The van der Waals surface area contributed by atoms with Gasteiger partial charge in [-0.3, -0.25) is 0 Å². The summed E-state index contributed by atoms with van der Waals surface area (Å²) in [5.74, 6) is -1.75. The third-order valence-electron chi connectivity index (χ3n) is 2.72. The molecule has 0 saturated carbocycles. The molecule has 0 bridgehead atoms. The largest absolute Gasteiger partial charge is 0.463 e. The van der Waals surface area contributed by atoms with Gasteiger partial charge in [0.25, 0.3) is 0 Å². The summed E-state index contributed by atoms with van der Waals surface area (Å²) in [5.41, 5.74) is 0. The highest BCUT2D eigenvalue weighted by Gasteiger charge is 1.98. The number of carbonyl (C=O) groups is 4. The zero-order chi connectivity index (χ0) is 21.6. The van der Waals surface area contributed by atoms with E-state index in [1.807, 2.05) is 0 Å². The quantitative estimate of drug-likeness (QED) is 0.191. The first-order valence-electron chi connectivity index (χ1n) is 8.58. The minimum atomic E-state index is -0.437. The maximum atomic E-state index is 10.6. The van der Waals surface area contributed by atoms with E-state index in [0.29, 0.717) is 52.1 Å². The summed E-state index contributed by atoms with van der Waals surface area (Å²) in [6.07, 6.45) is 7.06. The van der Waals surface area contributed by atoms with Crippen LogP contribution in [-0.4, -0.2) is 50.3 Å². The summed E-state index contributed by atoms with van der Waals surface area (Å²) in [5, 5.41) is 0. The molecule has 0 rings (SSSR count). The molecule has 0 spiro atoms. The van der Waals surface area contributed by atoms with E-state index in [1.54, 1.807) is 0 Å². The highest BCUT2D eigenvalue weighted by atomic mass is 16.5. The fraction of sp³-hybridized carbons (Fsp3) is 0.400. The van der Waals surface area contributed by atoms with Crippen molar-refractivity contribution in [2.45, 2.75) is 25.7 Å². The van der Waals surface area contributed by atoms with Gasteiger partial charge in [0.1, 0.15) is 0 Å². The SMILES string of the molecule is C=CC(=O)OCCCCOC(=O)C=C.C=CC(=O)OCCCCOC(=O)C=C. The van der Waals surface area contributed by atoms with Crippen molar-refractivity contribution in [2.75, 3.05) is 26.4 Å². The van der Waals surface area contributed by atoms with Crippen molar-refractivity contribution in [2.24, 2.45) is 0 Å². The van der Waals surface area contributed by atoms with Crippen molar-refractivity contribution in [3.63, 3.8) is 0 Å². The summed E-state index contributed by atoms with van der Waals surface area (Å²) in [6, 6.07) is 0. The second-order valence-corrected chi connectivity index (χ2v) is 4.90. The molecule has 0 aliphatic heterocycles. The molecule has 0 aromatic carbocycles. The Hall–Kier alpha value is -3.16. The first kappa shape index (κ1) is 27.1. The molecule has 0 unspecified atom stereocenters. The Balaban J connectivity index is 0. The molecule has 156 valence electrons. The number of unbranched alkanes of at least 4 members (excludes halogenated alkanes) is 2. The van der Waals surface area contributed by atoms with Crippen LogP contribution >= 0.6 is 0 Å². The molecular formula is C20H28O8. The maximum absolute atomic E-state index is 10.6. The van der Waals surface area contributed by atoms with Crippen molar-refractivity contribution < 1.29 is 38.1 Å². The van der Waals surface area contributed by atoms with Crippen LogP contribution in [0.5, 0.6) is 0 Å². The third kappa shape index (κ3) is 20.9. The van der Waals surface area contributed by atoms with Crippen LogP contribution in [0.25, 0.3) is 0 Å². The van der Waals surface area contributed by atoms with E-state index in [0.717, 1.165) is 24.3 Å². The van der Waals surface area contributed by atoms with Crippen LogP contribution in [0, 0.1) is 0 Å². The van der Waals surface area contributed by atoms with Crippen LogP contribution in [-0.2, 0) is 38.1 Å². The Morgan fingerprint density at radius 3 is 0.786 bits per heavy atom. The standard InChI is InChI=1S/2C10H14O4/c2*1-3-9(11)13-7-5-6-8-14-10(12)4-2/h2*3-4H,1-2,5-8H2. The van der Waals surface area contributed by atoms with E-state index in [4.69, 9.17) is 18.9 Å². The Labute approximate surface area is 165 Å². The predicted octanol–water partition coefficient (Wildman–Crippen LogP) is 2.45. The Morgan fingerprint density at radius 2 is 0.643 bits per heavy atom. The second-order valence-electron chi connectivity index (χ2n) is 4.90. The normalized spacial score (nSPS) is 8.86. The monoisotopic (exact) mass is 396 g/mol. The molecule has 0 fully saturated rings. The Bertz CT molecular complexity index is 440. The van der Waals surface area contributed by atoms with Crippen LogP contribution in [0.2, 0.25) is 0 Å². The van der Waals surface area contributed by atoms with E-state index in [1.165, 1.54) is 0 Å². The topological polar surface area (TPSA) is 105 Å². The van der Waals surface area contributed by atoms with Gasteiger partial charge in [-0.1, -0.05) is 26.3 Å². The molecule has 0 amide bonds.